The van der Waals surface area contributed by atoms with Gasteiger partial charge in [0.15, 0.2) is 0 Å². The van der Waals surface area contributed by atoms with Crippen LogP contribution in [0.2, 0.25) is 0 Å². The largest absolute Gasteiger partial charge is 0.491 e. The first-order chi connectivity index (χ1) is 19.0. The maximum absolute atomic E-state index is 13.2. The van der Waals surface area contributed by atoms with Crippen LogP contribution in [0.15, 0.2) is 67.0 Å². The molecule has 10 nitrogen and oxygen atoms in total. The Labute approximate surface area is 224 Å². The van der Waals surface area contributed by atoms with Crippen LogP contribution >= 0.6 is 0 Å². The molecule has 4 aromatic rings. The maximum Gasteiger partial charge on any atom is 0.491 e. The highest BCUT2D eigenvalue weighted by Crippen LogP contribution is 2.28. The van der Waals surface area contributed by atoms with Gasteiger partial charge in [-0.05, 0) is 48.0 Å². The second-order valence-electron chi connectivity index (χ2n) is 8.41. The molecule has 0 bridgehead atoms. The Morgan fingerprint density at radius 2 is 1.73 bits per heavy atom. The first-order valence-corrected chi connectivity index (χ1v) is 11.4. The van der Waals surface area contributed by atoms with Crippen LogP contribution in [0.5, 0.6) is 0 Å². The Kier molecular flexibility index (Phi) is 7.62. The third-order valence-electron chi connectivity index (χ3n) is 5.71. The molecule has 202 valence electrons. The van der Waals surface area contributed by atoms with E-state index in [2.05, 4.69) is 20.4 Å². The molecule has 0 fully saturated rings. The van der Waals surface area contributed by atoms with Crippen molar-refractivity contribution in [2.45, 2.75) is 12.6 Å². The van der Waals surface area contributed by atoms with Crippen molar-refractivity contribution in [1.29, 1.82) is 5.26 Å². The summed E-state index contributed by atoms with van der Waals surface area (Å²) in [5.74, 6) is -5.52. The molecule has 0 spiro atoms. The first kappa shape index (κ1) is 27.5. The van der Waals surface area contributed by atoms with E-state index in [1.54, 1.807) is 55.8 Å². The van der Waals surface area contributed by atoms with Gasteiger partial charge in [0.2, 0.25) is 5.91 Å². The number of aryl methyl sites for hydroxylation is 1. The Balaban J connectivity index is 1.61. The third-order valence-corrected chi connectivity index (χ3v) is 5.71. The van der Waals surface area contributed by atoms with Crippen molar-refractivity contribution in [2.24, 2.45) is 7.05 Å². The summed E-state index contributed by atoms with van der Waals surface area (Å²) in [5.41, 5.74) is 0.702. The van der Waals surface area contributed by atoms with E-state index in [4.69, 9.17) is 5.26 Å². The van der Waals surface area contributed by atoms with E-state index in [1.165, 1.54) is 16.7 Å². The fourth-order valence-electron chi connectivity index (χ4n) is 3.89. The molecule has 4 rings (SSSR count). The molecule has 2 aromatic heterocycles. The highest BCUT2D eigenvalue weighted by molar-refractivity contribution is 6.12. The highest BCUT2D eigenvalue weighted by Gasteiger charge is 2.43. The fraction of sp³-hybridized carbons (Fsp3) is 0.111. The zero-order valence-corrected chi connectivity index (χ0v) is 20.6. The number of fused-ring (bicyclic) bond motifs is 1. The number of anilines is 2. The summed E-state index contributed by atoms with van der Waals surface area (Å²) in [7, 11) is 1.56. The van der Waals surface area contributed by atoms with E-state index in [9.17, 15) is 32.3 Å². The Bertz CT molecular complexity index is 1690. The number of hydrogen-bond acceptors (Lipinski definition) is 7. The minimum absolute atomic E-state index is 0.0703. The minimum Gasteiger partial charge on any atom is -0.383 e. The fourth-order valence-corrected chi connectivity index (χ4v) is 3.89. The summed E-state index contributed by atoms with van der Waals surface area (Å²) in [6.07, 6.45) is -2.21. The molecule has 2 heterocycles. The number of pyridine rings is 1. The average molecular weight is 549 g/mol. The lowest BCUT2D eigenvalue weighted by Gasteiger charge is -2.13. The Morgan fingerprint density at radius 3 is 2.40 bits per heavy atom. The van der Waals surface area contributed by atoms with Crippen LogP contribution in [0.1, 0.15) is 32.0 Å². The summed E-state index contributed by atoms with van der Waals surface area (Å²) < 4.78 is 43.1. The van der Waals surface area contributed by atoms with Gasteiger partial charge in [-0.2, -0.15) is 18.4 Å². The van der Waals surface area contributed by atoms with Gasteiger partial charge in [0.1, 0.15) is 5.69 Å². The van der Waals surface area contributed by atoms with Crippen molar-refractivity contribution in [3.63, 3.8) is 0 Å². The molecule has 2 aromatic carbocycles. The van der Waals surface area contributed by atoms with Gasteiger partial charge in [0.25, 0.3) is 5.91 Å². The molecule has 0 aliphatic rings. The molecule has 0 saturated heterocycles. The molecule has 0 saturated carbocycles. The number of nitriles is 1. The summed E-state index contributed by atoms with van der Waals surface area (Å²) in [6, 6.07) is 14.9. The molecule has 40 heavy (non-hydrogen) atoms. The summed E-state index contributed by atoms with van der Waals surface area (Å²) in [6.45, 7) is 0. The zero-order chi connectivity index (χ0) is 29.0. The quantitative estimate of drug-likeness (QED) is 0.272. The van der Waals surface area contributed by atoms with Gasteiger partial charge in [-0.1, -0.05) is 12.1 Å². The zero-order valence-electron chi connectivity index (χ0n) is 20.6. The standard InChI is InChI=1S/C27H18F3N5O5/c1-35-21(13-17-3-2-4-20(23(17)35)33-22(36)12-15-7-9-32-10-8-15)24(37)34-19-6-5-16(14-31)11-18(19)25(38)40-26(39)27(28,29)30/h2-11,13H,12H2,1H3,(H,33,36)(H,34,37). The number of alkyl halides is 3. The van der Waals surface area contributed by atoms with E-state index < -0.39 is 29.6 Å². The number of nitrogens with zero attached hydrogens (tertiary/aromatic N) is 3. The van der Waals surface area contributed by atoms with Gasteiger partial charge in [-0.25, -0.2) is 9.59 Å². The Morgan fingerprint density at radius 1 is 1.00 bits per heavy atom. The van der Waals surface area contributed by atoms with Crippen LogP contribution in [-0.4, -0.2) is 39.5 Å². The highest BCUT2D eigenvalue weighted by atomic mass is 19.4. The number of hydrogen-bond donors (Lipinski definition) is 2. The number of benzene rings is 2. The number of carbonyl (C=O) groups excluding carboxylic acids is 4. The van der Waals surface area contributed by atoms with Crippen LogP contribution in [0, 0.1) is 11.3 Å². The monoisotopic (exact) mass is 549 g/mol. The van der Waals surface area contributed by atoms with E-state index in [-0.39, 0.29) is 29.3 Å². The molecular weight excluding hydrogens is 531 g/mol. The van der Waals surface area contributed by atoms with Crippen molar-refractivity contribution >= 4 is 46.0 Å². The number of carbonyl (C=O) groups is 4. The number of nitrogens with one attached hydrogen (secondary N) is 2. The van der Waals surface area contributed by atoms with Crippen LogP contribution in [0.3, 0.4) is 0 Å². The van der Waals surface area contributed by atoms with Gasteiger partial charge in [0, 0.05) is 24.8 Å². The van der Waals surface area contributed by atoms with Gasteiger partial charge in [-0.15, -0.1) is 0 Å². The number of halogens is 3. The molecule has 13 heteroatoms. The number of amides is 2. The van der Waals surface area contributed by atoms with Crippen molar-refractivity contribution < 1.29 is 37.1 Å². The maximum atomic E-state index is 13.2. The van der Waals surface area contributed by atoms with Crippen molar-refractivity contribution in [1.82, 2.24) is 9.55 Å². The van der Waals surface area contributed by atoms with Crippen LogP contribution in [0.4, 0.5) is 24.5 Å². The van der Waals surface area contributed by atoms with Crippen molar-refractivity contribution in [3.8, 4) is 6.07 Å². The molecule has 0 radical (unpaired) electrons. The summed E-state index contributed by atoms with van der Waals surface area (Å²) in [5, 5.41) is 14.9. The first-order valence-electron chi connectivity index (χ1n) is 11.4. The van der Waals surface area contributed by atoms with Crippen molar-refractivity contribution in [2.75, 3.05) is 10.6 Å². The van der Waals surface area contributed by atoms with E-state index in [0.717, 1.165) is 17.7 Å². The van der Waals surface area contributed by atoms with Gasteiger partial charge in [-0.3, -0.25) is 14.6 Å². The number of aromatic nitrogens is 2. The van der Waals surface area contributed by atoms with Gasteiger partial charge < -0.3 is 19.9 Å². The molecule has 0 aliphatic heterocycles. The number of ether oxygens (including phenoxy) is 1. The molecule has 2 N–H and O–H groups in total. The molecule has 0 unspecified atom stereocenters. The average Bonchev–Trinajstić information content (AvgIpc) is 3.26. The minimum atomic E-state index is -5.43. The normalized spacial score (nSPS) is 11.0. The second-order valence-corrected chi connectivity index (χ2v) is 8.41. The molecule has 0 atom stereocenters. The SMILES string of the molecule is Cn1c(C(=O)Nc2ccc(C#N)cc2C(=O)OC(=O)C(F)(F)F)cc2cccc(NC(=O)Cc3ccncc3)c21. The van der Waals surface area contributed by atoms with Crippen LogP contribution in [0.25, 0.3) is 10.9 Å². The molecule has 2 amide bonds. The van der Waals surface area contributed by atoms with E-state index in [0.29, 0.717) is 16.6 Å². The topological polar surface area (TPSA) is 143 Å². The van der Waals surface area contributed by atoms with E-state index in [1.807, 2.05) is 0 Å². The second kappa shape index (κ2) is 11.1. The van der Waals surface area contributed by atoms with Crippen molar-refractivity contribution in [3.05, 3.63) is 89.4 Å². The van der Waals surface area contributed by atoms with E-state index >= 15 is 0 Å². The molecular formula is C27H18F3N5O5. The molecule has 0 aliphatic carbocycles. The van der Waals surface area contributed by atoms with Gasteiger partial charge in [0.05, 0.1) is 40.5 Å². The van der Waals surface area contributed by atoms with Gasteiger partial charge >= 0.3 is 18.1 Å². The number of para-hydroxylation sites is 1. The van der Waals surface area contributed by atoms with Crippen LogP contribution < -0.4 is 10.6 Å². The number of rotatable bonds is 6. The lowest BCUT2D eigenvalue weighted by atomic mass is 10.1. The number of esters is 2. The summed E-state index contributed by atoms with van der Waals surface area (Å²) in [4.78, 5) is 53.2. The van der Waals surface area contributed by atoms with Crippen LogP contribution in [-0.2, 0) is 27.8 Å². The Hall–Kier alpha value is -5.51. The smallest absolute Gasteiger partial charge is 0.383 e. The lowest BCUT2D eigenvalue weighted by molar-refractivity contribution is -0.193. The predicted molar refractivity (Wildman–Crippen MR) is 135 cm³/mol. The summed E-state index contributed by atoms with van der Waals surface area (Å²) >= 11 is 0. The predicted octanol–water partition coefficient (Wildman–Crippen LogP) is 4.12. The third kappa shape index (κ3) is 5.97. The lowest BCUT2D eigenvalue weighted by Crippen LogP contribution is -2.28.